The third kappa shape index (κ3) is 71.5. The first kappa shape index (κ1) is 84.4. The van der Waals surface area contributed by atoms with Gasteiger partial charge in [-0.3, -0.25) is 18.6 Å². The van der Waals surface area contributed by atoms with E-state index in [1.165, 1.54) is 167 Å². The van der Waals surface area contributed by atoms with Gasteiger partial charge in [-0.2, -0.15) is 0 Å². The first-order valence-electron chi connectivity index (χ1n) is 36.3. The molecule has 0 aromatic heterocycles. The Labute approximate surface area is 543 Å². The predicted octanol–water partition coefficient (Wildman–Crippen LogP) is 23.8. The third-order valence-corrected chi connectivity index (χ3v) is 16.5. The number of rotatable bonds is 66. The van der Waals surface area contributed by atoms with Crippen LogP contribution in [0.2, 0.25) is 0 Å². The number of ether oxygens (including phenoxy) is 2. The lowest BCUT2D eigenvalue weighted by atomic mass is 10.0. The molecule has 1 N–H and O–H groups in total. The summed E-state index contributed by atoms with van der Waals surface area (Å²) in [5.74, 6) is -0.801. The lowest BCUT2D eigenvalue weighted by molar-refractivity contribution is -0.870. The van der Waals surface area contributed by atoms with Gasteiger partial charge in [0.1, 0.15) is 19.8 Å². The van der Waals surface area contributed by atoms with Crippen LogP contribution in [0.5, 0.6) is 0 Å². The van der Waals surface area contributed by atoms with E-state index in [9.17, 15) is 19.0 Å². The summed E-state index contributed by atoms with van der Waals surface area (Å²) in [5.41, 5.74) is 0. The number of phosphoric ester groups is 1. The number of nitrogens with zero attached hydrogens (tertiary/aromatic N) is 1. The average molecular weight is 1250 g/mol. The highest BCUT2D eigenvalue weighted by atomic mass is 31.2. The van der Waals surface area contributed by atoms with Crippen LogP contribution in [0.15, 0.2) is 122 Å². The Bertz CT molecular complexity index is 1900. The fourth-order valence-corrected chi connectivity index (χ4v) is 10.7. The summed E-state index contributed by atoms with van der Waals surface area (Å²) >= 11 is 0. The highest BCUT2D eigenvalue weighted by molar-refractivity contribution is 7.47. The molecular formula is C78H137NO8P+. The van der Waals surface area contributed by atoms with Gasteiger partial charge in [-0.1, -0.05) is 328 Å². The molecule has 0 spiro atoms. The molecule has 9 nitrogen and oxygen atoms in total. The number of unbranched alkanes of at least 4 members (excludes halogenated alkanes) is 32. The van der Waals surface area contributed by atoms with Crippen molar-refractivity contribution in [2.75, 3.05) is 47.5 Å². The molecule has 0 aromatic rings. The molecule has 0 fully saturated rings. The van der Waals surface area contributed by atoms with Gasteiger partial charge in [-0.25, -0.2) is 4.57 Å². The Kier molecular flexibility index (Phi) is 65.0. The van der Waals surface area contributed by atoms with Crippen LogP contribution in [0.3, 0.4) is 0 Å². The van der Waals surface area contributed by atoms with E-state index < -0.39 is 26.5 Å². The van der Waals surface area contributed by atoms with E-state index in [1.807, 2.05) is 21.1 Å². The Morgan fingerprint density at radius 3 is 0.966 bits per heavy atom. The van der Waals surface area contributed by atoms with Gasteiger partial charge in [0.25, 0.3) is 0 Å². The molecule has 0 amide bonds. The Hall–Kier alpha value is -3.59. The van der Waals surface area contributed by atoms with Crippen molar-refractivity contribution >= 4 is 19.8 Å². The minimum atomic E-state index is -4.40. The first-order chi connectivity index (χ1) is 43.0. The van der Waals surface area contributed by atoms with Crippen molar-refractivity contribution in [1.29, 1.82) is 0 Å². The van der Waals surface area contributed by atoms with Crippen LogP contribution < -0.4 is 0 Å². The molecule has 0 rings (SSSR count). The van der Waals surface area contributed by atoms with Gasteiger partial charge < -0.3 is 18.9 Å². The van der Waals surface area contributed by atoms with Crippen molar-refractivity contribution < 1.29 is 42.1 Å². The molecule has 0 saturated carbocycles. The van der Waals surface area contributed by atoms with Crippen molar-refractivity contribution in [3.8, 4) is 0 Å². The van der Waals surface area contributed by atoms with Gasteiger partial charge in [0.05, 0.1) is 27.7 Å². The Morgan fingerprint density at radius 1 is 0.364 bits per heavy atom. The van der Waals surface area contributed by atoms with Crippen molar-refractivity contribution in [2.45, 2.75) is 315 Å². The van der Waals surface area contributed by atoms with Crippen LogP contribution in [0.1, 0.15) is 309 Å². The summed E-state index contributed by atoms with van der Waals surface area (Å²) in [6.45, 7) is 4.34. The van der Waals surface area contributed by atoms with E-state index in [1.54, 1.807) is 0 Å². The van der Waals surface area contributed by atoms with Gasteiger partial charge in [0.2, 0.25) is 0 Å². The topological polar surface area (TPSA) is 108 Å². The molecule has 0 bridgehead atoms. The molecule has 506 valence electrons. The van der Waals surface area contributed by atoms with E-state index in [0.717, 1.165) is 109 Å². The van der Waals surface area contributed by atoms with Gasteiger partial charge in [0.15, 0.2) is 6.10 Å². The SMILES string of the molecule is CC/C=C\C/C=C\C/C=C\C/C=C\C/C=C\C/C=C\C/C=C\C/C=C\C/C=C\C/C=C\CCCCCCCCCCC(=O)OC(COC(=O)CCCCCCCCCCCCCCCCCCCCCCCCCCC)COP(=O)(O)OCC[N+](C)(C)C. The molecule has 2 atom stereocenters. The fraction of sp³-hybridized carbons (Fsp3) is 0.718. The van der Waals surface area contributed by atoms with Crippen molar-refractivity contribution in [2.24, 2.45) is 0 Å². The number of hydrogen-bond donors (Lipinski definition) is 1. The van der Waals surface area contributed by atoms with Crippen LogP contribution in [-0.2, 0) is 32.7 Å². The van der Waals surface area contributed by atoms with E-state index in [2.05, 4.69) is 135 Å². The van der Waals surface area contributed by atoms with Gasteiger partial charge in [0, 0.05) is 12.8 Å². The predicted molar refractivity (Wildman–Crippen MR) is 381 cm³/mol. The molecule has 0 aliphatic carbocycles. The number of phosphoric acid groups is 1. The molecule has 0 aliphatic heterocycles. The normalized spacial score (nSPS) is 13.8. The number of carbonyl (C=O) groups excluding carboxylic acids is 2. The number of hydrogen-bond acceptors (Lipinski definition) is 7. The largest absolute Gasteiger partial charge is 0.472 e. The highest BCUT2D eigenvalue weighted by Gasteiger charge is 2.27. The molecule has 0 heterocycles. The molecule has 88 heavy (non-hydrogen) atoms. The van der Waals surface area contributed by atoms with E-state index in [4.69, 9.17) is 18.5 Å². The van der Waals surface area contributed by atoms with Crippen molar-refractivity contribution in [3.05, 3.63) is 122 Å². The second-order valence-corrected chi connectivity index (χ2v) is 26.7. The minimum absolute atomic E-state index is 0.0263. The zero-order chi connectivity index (χ0) is 64.1. The lowest BCUT2D eigenvalue weighted by Gasteiger charge is -2.24. The molecule has 10 heteroatoms. The zero-order valence-electron chi connectivity index (χ0n) is 57.7. The molecule has 0 radical (unpaired) electrons. The molecule has 0 aliphatic rings. The zero-order valence-corrected chi connectivity index (χ0v) is 58.6. The van der Waals surface area contributed by atoms with Crippen LogP contribution in [0, 0.1) is 0 Å². The minimum Gasteiger partial charge on any atom is -0.462 e. The van der Waals surface area contributed by atoms with Crippen molar-refractivity contribution in [1.82, 2.24) is 0 Å². The molecule has 2 unspecified atom stereocenters. The van der Waals surface area contributed by atoms with Crippen LogP contribution in [0.25, 0.3) is 0 Å². The maximum Gasteiger partial charge on any atom is 0.472 e. The monoisotopic (exact) mass is 1250 g/mol. The fourth-order valence-electron chi connectivity index (χ4n) is 9.99. The van der Waals surface area contributed by atoms with Gasteiger partial charge >= 0.3 is 19.8 Å². The second kappa shape index (κ2) is 67.8. The third-order valence-electron chi connectivity index (χ3n) is 15.5. The van der Waals surface area contributed by atoms with E-state index in [-0.39, 0.29) is 32.0 Å². The van der Waals surface area contributed by atoms with Gasteiger partial charge in [-0.05, 0) is 89.9 Å². The lowest BCUT2D eigenvalue weighted by Crippen LogP contribution is -2.37. The Morgan fingerprint density at radius 2 is 0.648 bits per heavy atom. The molecule has 0 aromatic carbocycles. The van der Waals surface area contributed by atoms with Gasteiger partial charge in [-0.15, -0.1) is 0 Å². The summed E-state index contributed by atoms with van der Waals surface area (Å²) in [4.78, 5) is 35.9. The summed E-state index contributed by atoms with van der Waals surface area (Å²) in [6, 6.07) is 0. The maximum atomic E-state index is 12.9. The number of allylic oxidation sites excluding steroid dienone is 20. The summed E-state index contributed by atoms with van der Waals surface area (Å²) in [5, 5.41) is 0. The van der Waals surface area contributed by atoms with Crippen molar-refractivity contribution in [3.63, 3.8) is 0 Å². The standard InChI is InChI=1S/C78H136NO8P/c1-6-8-10-12-14-16-18-20-22-24-26-28-30-32-33-34-35-36-37-38-39-40-41-42-43-44-45-47-49-51-53-55-57-59-61-63-65-67-69-71-78(81)87-76(75-86-88(82,83)85-73-72-79(3,4)5)74-84-77(80)70-68-66-64-62-60-58-56-54-52-50-48-46-31-29-27-25-23-21-19-17-15-13-11-9-7-2/h8,10,14,16,20,22,26,28,32-33,35-36,38-39,41-42,44-45,49,51,76H,6-7,9,11-13,15,17-19,21,23-25,27,29-31,34,37,40,43,46-48,50,52-75H2,1-5H3/p+1/b10-8-,16-14-,22-20-,28-26-,33-32-,36-35-,39-38-,42-41-,45-44-,51-49-. The molecule has 0 saturated heterocycles. The second-order valence-electron chi connectivity index (χ2n) is 25.3. The number of esters is 2. The quantitative estimate of drug-likeness (QED) is 0.0211. The summed E-state index contributed by atoms with van der Waals surface area (Å²) < 4.78 is 34.7. The number of carbonyl (C=O) groups is 2. The average Bonchev–Trinajstić information content (AvgIpc) is 3.68. The summed E-state index contributed by atoms with van der Waals surface area (Å²) in [7, 11) is 1.47. The van der Waals surface area contributed by atoms with Crippen LogP contribution in [-0.4, -0.2) is 74.9 Å². The van der Waals surface area contributed by atoms with E-state index >= 15 is 0 Å². The maximum absolute atomic E-state index is 12.9. The smallest absolute Gasteiger partial charge is 0.462 e. The number of quaternary nitrogens is 1. The summed E-state index contributed by atoms with van der Waals surface area (Å²) in [6.07, 6.45) is 97.3. The van der Waals surface area contributed by atoms with E-state index in [0.29, 0.717) is 17.4 Å². The van der Waals surface area contributed by atoms with Crippen LogP contribution in [0.4, 0.5) is 0 Å². The highest BCUT2D eigenvalue weighted by Crippen LogP contribution is 2.43. The molecular weight excluding hydrogens is 1110 g/mol. The number of likely N-dealkylation sites (N-methyl/N-ethyl adjacent to an activating group) is 1. The first-order valence-corrected chi connectivity index (χ1v) is 37.8. The van der Waals surface area contributed by atoms with Crippen LogP contribution >= 0.6 is 7.82 Å². The Balaban J connectivity index is 4.09.